The molecule has 1 aliphatic heterocycles. The summed E-state index contributed by atoms with van der Waals surface area (Å²) in [4.78, 5) is 2.46. The van der Waals surface area contributed by atoms with Crippen LogP contribution in [0.3, 0.4) is 0 Å². The summed E-state index contributed by atoms with van der Waals surface area (Å²) in [6, 6.07) is 25.3. The molecule has 2 N–H and O–H groups in total. The summed E-state index contributed by atoms with van der Waals surface area (Å²) in [5.41, 5.74) is 4.53. The molecule has 0 radical (unpaired) electrons. The summed E-state index contributed by atoms with van der Waals surface area (Å²) < 4.78 is 11.9. The van der Waals surface area contributed by atoms with Gasteiger partial charge in [0.05, 0.1) is 18.8 Å². The van der Waals surface area contributed by atoms with Crippen molar-refractivity contribution in [1.29, 1.82) is 0 Å². The molecule has 2 atom stereocenters. The van der Waals surface area contributed by atoms with Crippen molar-refractivity contribution in [3.8, 4) is 28.4 Å². The molecule has 1 aliphatic rings. The normalized spacial score (nSPS) is 18.2. The van der Waals surface area contributed by atoms with Crippen LogP contribution in [0.4, 0.5) is 0 Å². The van der Waals surface area contributed by atoms with E-state index in [9.17, 15) is 10.2 Å². The van der Waals surface area contributed by atoms with Gasteiger partial charge in [-0.05, 0) is 96.1 Å². The standard InChI is InChI=1S/C32H35NO4/c1-22-20-33(21-23(2)37-22)16-3-17-36-29-12-4-24(5-13-29)18-32-30(25-6-9-27(34)10-7-25)14-8-26-19-28(35)11-15-31(26)32/h4-15,19,22-23,34-35H,3,16-18,20-21H2,1-2H3. The van der Waals surface area contributed by atoms with Crippen LogP contribution in [0.25, 0.3) is 21.9 Å². The fraction of sp³-hybridized carbons (Fsp3) is 0.312. The van der Waals surface area contributed by atoms with Crippen molar-refractivity contribution in [2.24, 2.45) is 0 Å². The largest absolute Gasteiger partial charge is 0.508 e. The van der Waals surface area contributed by atoms with Crippen LogP contribution < -0.4 is 4.74 Å². The molecule has 4 aromatic rings. The second-order valence-electron chi connectivity index (χ2n) is 10.1. The SMILES string of the molecule is CC1CN(CCCOc2ccc(Cc3c(-c4ccc(O)cc4)ccc4cc(O)ccc34)cc2)CC(C)O1. The Morgan fingerprint density at radius 3 is 2.27 bits per heavy atom. The number of fused-ring (bicyclic) bond motifs is 1. The predicted octanol–water partition coefficient (Wildman–Crippen LogP) is 6.39. The fourth-order valence-corrected chi connectivity index (χ4v) is 5.34. The summed E-state index contributed by atoms with van der Waals surface area (Å²) in [5.74, 6) is 1.39. The minimum Gasteiger partial charge on any atom is -0.508 e. The van der Waals surface area contributed by atoms with Crippen molar-refractivity contribution in [2.45, 2.75) is 38.9 Å². The molecule has 0 amide bonds. The van der Waals surface area contributed by atoms with Gasteiger partial charge in [-0.2, -0.15) is 0 Å². The molecule has 0 aliphatic carbocycles. The Morgan fingerprint density at radius 1 is 0.838 bits per heavy atom. The van der Waals surface area contributed by atoms with Gasteiger partial charge in [-0.1, -0.05) is 42.5 Å². The van der Waals surface area contributed by atoms with E-state index in [1.54, 1.807) is 24.3 Å². The Labute approximate surface area is 218 Å². The summed E-state index contributed by atoms with van der Waals surface area (Å²) in [5, 5.41) is 21.9. The maximum absolute atomic E-state index is 9.99. The Bertz CT molecular complexity index is 1320. The molecular weight excluding hydrogens is 462 g/mol. The van der Waals surface area contributed by atoms with Crippen molar-refractivity contribution < 1.29 is 19.7 Å². The zero-order chi connectivity index (χ0) is 25.8. The van der Waals surface area contributed by atoms with Crippen molar-refractivity contribution in [3.63, 3.8) is 0 Å². The molecule has 1 saturated heterocycles. The summed E-state index contributed by atoms with van der Waals surface area (Å²) >= 11 is 0. The number of phenolic OH excluding ortho intramolecular Hbond substituents is 2. The number of benzene rings is 4. The smallest absolute Gasteiger partial charge is 0.119 e. The van der Waals surface area contributed by atoms with E-state index in [4.69, 9.17) is 9.47 Å². The highest BCUT2D eigenvalue weighted by Crippen LogP contribution is 2.34. The van der Waals surface area contributed by atoms with E-state index in [1.165, 1.54) is 11.1 Å². The quantitative estimate of drug-likeness (QED) is 0.276. The first-order chi connectivity index (χ1) is 17.9. The first kappa shape index (κ1) is 25.1. The van der Waals surface area contributed by atoms with Gasteiger partial charge in [-0.15, -0.1) is 0 Å². The van der Waals surface area contributed by atoms with E-state index in [0.717, 1.165) is 60.1 Å². The molecule has 192 valence electrons. The molecule has 4 aromatic carbocycles. The number of hydrogen-bond donors (Lipinski definition) is 2. The average molecular weight is 498 g/mol. The van der Waals surface area contributed by atoms with Gasteiger partial charge in [0.25, 0.3) is 0 Å². The maximum Gasteiger partial charge on any atom is 0.119 e. The van der Waals surface area contributed by atoms with E-state index in [2.05, 4.69) is 36.9 Å². The highest BCUT2D eigenvalue weighted by molar-refractivity contribution is 5.93. The van der Waals surface area contributed by atoms with Gasteiger partial charge >= 0.3 is 0 Å². The lowest BCUT2D eigenvalue weighted by atomic mass is 9.90. The number of aromatic hydroxyl groups is 2. The predicted molar refractivity (Wildman–Crippen MR) is 149 cm³/mol. The highest BCUT2D eigenvalue weighted by Gasteiger charge is 2.21. The molecule has 0 spiro atoms. The lowest BCUT2D eigenvalue weighted by Crippen LogP contribution is -2.45. The molecule has 5 rings (SSSR count). The van der Waals surface area contributed by atoms with Gasteiger partial charge in [0.2, 0.25) is 0 Å². The van der Waals surface area contributed by atoms with E-state index in [1.807, 2.05) is 36.4 Å². The molecule has 5 nitrogen and oxygen atoms in total. The zero-order valence-electron chi connectivity index (χ0n) is 21.6. The Balaban J connectivity index is 1.28. The van der Waals surface area contributed by atoms with Crippen LogP contribution in [0, 0.1) is 0 Å². The molecule has 0 saturated carbocycles. The number of ether oxygens (including phenoxy) is 2. The van der Waals surface area contributed by atoms with E-state index in [0.29, 0.717) is 18.8 Å². The molecule has 1 fully saturated rings. The monoisotopic (exact) mass is 497 g/mol. The number of morpholine rings is 1. The summed E-state index contributed by atoms with van der Waals surface area (Å²) in [6.45, 7) is 7.95. The fourth-order valence-electron chi connectivity index (χ4n) is 5.34. The van der Waals surface area contributed by atoms with Crippen LogP contribution in [0.15, 0.2) is 78.9 Å². The van der Waals surface area contributed by atoms with Gasteiger partial charge in [-0.25, -0.2) is 0 Å². The highest BCUT2D eigenvalue weighted by atomic mass is 16.5. The Morgan fingerprint density at radius 2 is 1.54 bits per heavy atom. The molecule has 37 heavy (non-hydrogen) atoms. The molecule has 0 bridgehead atoms. The molecule has 1 heterocycles. The second kappa shape index (κ2) is 11.2. The van der Waals surface area contributed by atoms with Gasteiger partial charge in [0.15, 0.2) is 0 Å². The van der Waals surface area contributed by atoms with E-state index < -0.39 is 0 Å². The molecule has 5 heteroatoms. The second-order valence-corrected chi connectivity index (χ2v) is 10.1. The van der Waals surface area contributed by atoms with Gasteiger partial charge < -0.3 is 19.7 Å². The lowest BCUT2D eigenvalue weighted by Gasteiger charge is -2.35. The van der Waals surface area contributed by atoms with Crippen LogP contribution in [0.2, 0.25) is 0 Å². The van der Waals surface area contributed by atoms with E-state index in [-0.39, 0.29) is 11.5 Å². The van der Waals surface area contributed by atoms with Crippen molar-refractivity contribution in [1.82, 2.24) is 4.90 Å². The van der Waals surface area contributed by atoms with E-state index >= 15 is 0 Å². The molecular formula is C32H35NO4. The Kier molecular flexibility index (Phi) is 7.63. The first-order valence-corrected chi connectivity index (χ1v) is 13.1. The average Bonchev–Trinajstić information content (AvgIpc) is 2.88. The van der Waals surface area contributed by atoms with Crippen LogP contribution in [0.1, 0.15) is 31.4 Å². The lowest BCUT2D eigenvalue weighted by molar-refractivity contribution is -0.0686. The van der Waals surface area contributed by atoms with Gasteiger partial charge in [-0.3, -0.25) is 4.90 Å². The topological polar surface area (TPSA) is 62.2 Å². The van der Waals surface area contributed by atoms with Crippen LogP contribution in [0.5, 0.6) is 17.2 Å². The molecule has 0 aromatic heterocycles. The molecule has 2 unspecified atom stereocenters. The van der Waals surface area contributed by atoms with Gasteiger partial charge in [0.1, 0.15) is 17.2 Å². The number of rotatable bonds is 8. The summed E-state index contributed by atoms with van der Waals surface area (Å²) in [6.07, 6.45) is 2.31. The third kappa shape index (κ3) is 6.24. The minimum atomic E-state index is 0.251. The third-order valence-corrected chi connectivity index (χ3v) is 6.98. The van der Waals surface area contributed by atoms with Crippen LogP contribution in [-0.2, 0) is 11.2 Å². The first-order valence-electron chi connectivity index (χ1n) is 13.1. The summed E-state index contributed by atoms with van der Waals surface area (Å²) in [7, 11) is 0. The number of phenols is 2. The van der Waals surface area contributed by atoms with Crippen LogP contribution in [-0.4, -0.2) is 53.6 Å². The van der Waals surface area contributed by atoms with Crippen molar-refractivity contribution in [2.75, 3.05) is 26.2 Å². The minimum absolute atomic E-state index is 0.251. The number of hydrogen-bond acceptors (Lipinski definition) is 5. The van der Waals surface area contributed by atoms with Crippen molar-refractivity contribution in [3.05, 3.63) is 90.0 Å². The van der Waals surface area contributed by atoms with Gasteiger partial charge in [0, 0.05) is 19.6 Å². The van der Waals surface area contributed by atoms with Crippen molar-refractivity contribution >= 4 is 10.8 Å². The number of nitrogens with zero attached hydrogens (tertiary/aromatic N) is 1. The third-order valence-electron chi connectivity index (χ3n) is 6.98. The van der Waals surface area contributed by atoms with Crippen LogP contribution >= 0.6 is 0 Å². The Hall–Kier alpha value is -3.54. The zero-order valence-corrected chi connectivity index (χ0v) is 21.6. The maximum atomic E-state index is 9.99.